The van der Waals surface area contributed by atoms with Gasteiger partial charge in [-0.15, -0.1) is 0 Å². The Kier molecular flexibility index (Phi) is 2.90. The lowest BCUT2D eigenvalue weighted by atomic mass is 9.87. The van der Waals surface area contributed by atoms with Crippen LogP contribution in [0.1, 0.15) is 36.8 Å². The SMILES string of the molecule is O=C(/C=C1/CCCc2ccc(F)cc21)NC1CC1. The Morgan fingerprint density at radius 1 is 1.33 bits per heavy atom. The van der Waals surface area contributed by atoms with Crippen LogP contribution in [0.5, 0.6) is 0 Å². The molecule has 2 aliphatic rings. The Bertz CT molecular complexity index is 517. The normalized spacial score (nSPS) is 20.6. The van der Waals surface area contributed by atoms with Crippen molar-refractivity contribution in [1.29, 1.82) is 0 Å². The Morgan fingerprint density at radius 3 is 2.94 bits per heavy atom. The van der Waals surface area contributed by atoms with Gasteiger partial charge in [-0.3, -0.25) is 4.79 Å². The molecule has 1 N–H and O–H groups in total. The standard InChI is InChI=1S/C15H16FNO/c16-12-5-4-10-2-1-3-11(14(10)9-12)8-15(18)17-13-6-7-13/h4-5,8-9,13H,1-3,6-7H2,(H,17,18)/b11-8-. The van der Waals surface area contributed by atoms with Gasteiger partial charge in [-0.1, -0.05) is 6.07 Å². The third kappa shape index (κ3) is 2.45. The molecule has 0 aliphatic heterocycles. The lowest BCUT2D eigenvalue weighted by Gasteiger charge is -2.18. The van der Waals surface area contributed by atoms with E-state index in [2.05, 4.69) is 5.32 Å². The maximum Gasteiger partial charge on any atom is 0.244 e. The monoisotopic (exact) mass is 245 g/mol. The van der Waals surface area contributed by atoms with Gasteiger partial charge in [0.1, 0.15) is 5.82 Å². The Balaban J connectivity index is 1.87. The summed E-state index contributed by atoms with van der Waals surface area (Å²) in [6.07, 6.45) is 6.67. The van der Waals surface area contributed by atoms with Crippen molar-refractivity contribution < 1.29 is 9.18 Å². The van der Waals surface area contributed by atoms with E-state index in [1.807, 2.05) is 6.07 Å². The molecule has 1 amide bonds. The van der Waals surface area contributed by atoms with Crippen LogP contribution in [0.2, 0.25) is 0 Å². The van der Waals surface area contributed by atoms with Crippen LogP contribution < -0.4 is 5.32 Å². The molecule has 18 heavy (non-hydrogen) atoms. The number of nitrogens with one attached hydrogen (secondary N) is 1. The number of fused-ring (bicyclic) bond motifs is 1. The Labute approximate surface area is 106 Å². The molecule has 2 nitrogen and oxygen atoms in total. The molecule has 0 radical (unpaired) electrons. The number of carbonyl (C=O) groups is 1. The third-order valence-corrected chi connectivity index (χ3v) is 3.54. The van der Waals surface area contributed by atoms with Crippen LogP contribution in [0.15, 0.2) is 24.3 Å². The van der Waals surface area contributed by atoms with Crippen LogP contribution in [-0.2, 0) is 11.2 Å². The van der Waals surface area contributed by atoms with E-state index in [0.29, 0.717) is 6.04 Å². The average molecular weight is 245 g/mol. The first-order chi connectivity index (χ1) is 8.72. The molecule has 0 saturated heterocycles. The van der Waals surface area contributed by atoms with Crippen LogP contribution in [0.4, 0.5) is 4.39 Å². The number of aryl methyl sites for hydroxylation is 1. The summed E-state index contributed by atoms with van der Waals surface area (Å²) in [5.41, 5.74) is 3.02. The van der Waals surface area contributed by atoms with Gasteiger partial charge in [-0.2, -0.15) is 0 Å². The highest BCUT2D eigenvalue weighted by Gasteiger charge is 2.23. The summed E-state index contributed by atoms with van der Waals surface area (Å²) in [6.45, 7) is 0. The van der Waals surface area contributed by atoms with Crippen molar-refractivity contribution in [2.75, 3.05) is 0 Å². The lowest BCUT2D eigenvalue weighted by Crippen LogP contribution is -2.23. The maximum absolute atomic E-state index is 13.3. The second-order valence-electron chi connectivity index (χ2n) is 5.11. The molecule has 1 aromatic rings. The first kappa shape index (κ1) is 11.5. The van der Waals surface area contributed by atoms with Crippen molar-refractivity contribution in [2.45, 2.75) is 38.1 Å². The van der Waals surface area contributed by atoms with Crippen LogP contribution >= 0.6 is 0 Å². The minimum Gasteiger partial charge on any atom is -0.350 e. The van der Waals surface area contributed by atoms with Gasteiger partial charge < -0.3 is 5.32 Å². The van der Waals surface area contributed by atoms with Gasteiger partial charge in [0.2, 0.25) is 5.91 Å². The fourth-order valence-corrected chi connectivity index (χ4v) is 2.45. The number of carbonyl (C=O) groups excluding carboxylic acids is 1. The molecule has 94 valence electrons. The largest absolute Gasteiger partial charge is 0.350 e. The number of hydrogen-bond acceptors (Lipinski definition) is 1. The van der Waals surface area contributed by atoms with E-state index in [-0.39, 0.29) is 11.7 Å². The first-order valence-electron chi connectivity index (χ1n) is 6.52. The summed E-state index contributed by atoms with van der Waals surface area (Å²) >= 11 is 0. The van der Waals surface area contributed by atoms with Crippen LogP contribution in [0, 0.1) is 5.82 Å². The highest BCUT2D eigenvalue weighted by Crippen LogP contribution is 2.31. The van der Waals surface area contributed by atoms with E-state index < -0.39 is 0 Å². The summed E-state index contributed by atoms with van der Waals surface area (Å²) in [5, 5.41) is 2.94. The average Bonchev–Trinajstić information content (AvgIpc) is 3.14. The molecular weight excluding hydrogens is 229 g/mol. The van der Waals surface area contributed by atoms with E-state index in [0.717, 1.165) is 48.8 Å². The van der Waals surface area contributed by atoms with Crippen molar-refractivity contribution in [1.82, 2.24) is 5.32 Å². The Morgan fingerprint density at radius 2 is 2.17 bits per heavy atom. The zero-order chi connectivity index (χ0) is 12.5. The highest BCUT2D eigenvalue weighted by molar-refractivity contribution is 5.96. The lowest BCUT2D eigenvalue weighted by molar-refractivity contribution is -0.116. The third-order valence-electron chi connectivity index (χ3n) is 3.54. The van der Waals surface area contributed by atoms with Gasteiger partial charge in [0.05, 0.1) is 0 Å². The quantitative estimate of drug-likeness (QED) is 0.798. The molecule has 0 aromatic heterocycles. The fourth-order valence-electron chi connectivity index (χ4n) is 2.45. The van der Waals surface area contributed by atoms with E-state index in [1.54, 1.807) is 12.1 Å². The molecule has 0 atom stereocenters. The first-order valence-corrected chi connectivity index (χ1v) is 6.52. The van der Waals surface area contributed by atoms with Crippen molar-refractivity contribution in [3.05, 3.63) is 41.2 Å². The van der Waals surface area contributed by atoms with Crippen molar-refractivity contribution >= 4 is 11.5 Å². The topological polar surface area (TPSA) is 29.1 Å². The number of halogens is 1. The number of rotatable bonds is 2. The molecule has 0 heterocycles. The highest BCUT2D eigenvalue weighted by atomic mass is 19.1. The summed E-state index contributed by atoms with van der Waals surface area (Å²) in [5.74, 6) is -0.270. The van der Waals surface area contributed by atoms with Gasteiger partial charge in [0.25, 0.3) is 0 Å². The number of hydrogen-bond donors (Lipinski definition) is 1. The summed E-state index contributed by atoms with van der Waals surface area (Å²) in [4.78, 5) is 11.8. The van der Waals surface area contributed by atoms with Gasteiger partial charge in [-0.05, 0) is 60.9 Å². The summed E-state index contributed by atoms with van der Waals surface area (Å²) < 4.78 is 13.3. The van der Waals surface area contributed by atoms with Crippen LogP contribution in [0.25, 0.3) is 5.57 Å². The predicted molar refractivity (Wildman–Crippen MR) is 68.5 cm³/mol. The zero-order valence-electron chi connectivity index (χ0n) is 10.2. The van der Waals surface area contributed by atoms with Crippen molar-refractivity contribution in [3.8, 4) is 0 Å². The van der Waals surface area contributed by atoms with Gasteiger partial charge in [-0.25, -0.2) is 4.39 Å². The molecule has 1 saturated carbocycles. The molecule has 1 aromatic carbocycles. The minimum atomic E-state index is -0.232. The molecule has 2 aliphatic carbocycles. The zero-order valence-corrected chi connectivity index (χ0v) is 10.2. The fraction of sp³-hybridized carbons (Fsp3) is 0.400. The van der Waals surface area contributed by atoms with E-state index >= 15 is 0 Å². The minimum absolute atomic E-state index is 0.0374. The second-order valence-corrected chi connectivity index (χ2v) is 5.11. The number of benzene rings is 1. The second kappa shape index (κ2) is 4.56. The molecule has 1 fully saturated rings. The van der Waals surface area contributed by atoms with E-state index in [1.165, 1.54) is 6.07 Å². The molecule has 0 unspecified atom stereocenters. The molecule has 0 spiro atoms. The smallest absolute Gasteiger partial charge is 0.244 e. The van der Waals surface area contributed by atoms with Gasteiger partial charge in [0.15, 0.2) is 0 Å². The summed E-state index contributed by atoms with van der Waals surface area (Å²) in [6, 6.07) is 5.23. The molecule has 3 rings (SSSR count). The van der Waals surface area contributed by atoms with Crippen LogP contribution in [-0.4, -0.2) is 11.9 Å². The van der Waals surface area contributed by atoms with Crippen molar-refractivity contribution in [2.24, 2.45) is 0 Å². The molecular formula is C15H16FNO. The van der Waals surface area contributed by atoms with Gasteiger partial charge >= 0.3 is 0 Å². The molecule has 3 heteroatoms. The number of allylic oxidation sites excluding steroid dienone is 1. The number of amides is 1. The van der Waals surface area contributed by atoms with Gasteiger partial charge in [0, 0.05) is 12.1 Å². The predicted octanol–water partition coefficient (Wildman–Crippen LogP) is 2.82. The van der Waals surface area contributed by atoms with E-state index in [4.69, 9.17) is 0 Å². The van der Waals surface area contributed by atoms with Crippen molar-refractivity contribution in [3.63, 3.8) is 0 Å². The Hall–Kier alpha value is -1.64. The maximum atomic E-state index is 13.3. The van der Waals surface area contributed by atoms with E-state index in [9.17, 15) is 9.18 Å². The summed E-state index contributed by atoms with van der Waals surface area (Å²) in [7, 11) is 0. The molecule has 0 bridgehead atoms. The van der Waals surface area contributed by atoms with Crippen LogP contribution in [0.3, 0.4) is 0 Å².